The third kappa shape index (κ3) is 0.962. The van der Waals surface area contributed by atoms with Gasteiger partial charge >= 0.3 is 0 Å². The molecule has 0 aliphatic carbocycles. The van der Waals surface area contributed by atoms with Crippen molar-refractivity contribution in [3.05, 3.63) is 0 Å². The number of nitrogens with two attached hydrogens (primary N) is 1. The van der Waals surface area contributed by atoms with Crippen LogP contribution in [0.3, 0.4) is 0 Å². The van der Waals surface area contributed by atoms with Crippen LogP contribution in [0.4, 0.5) is 0 Å². The van der Waals surface area contributed by atoms with Crippen molar-refractivity contribution in [2.45, 2.75) is 13.0 Å². The summed E-state index contributed by atoms with van der Waals surface area (Å²) in [6.45, 7) is 2.06. The lowest BCUT2D eigenvalue weighted by Crippen LogP contribution is -2.36. The molecule has 2 nitrogen and oxygen atoms in total. The Morgan fingerprint density at radius 2 is 2.62 bits per heavy atom. The molecule has 1 unspecified atom stereocenters. The Bertz CT molecular complexity index is 115. The maximum atomic E-state index is 5.49. The molecule has 1 aliphatic rings. The average molecular weight is 148 g/mol. The fraction of sp³-hybridized carbons (Fsp3) is 0.750. The van der Waals surface area contributed by atoms with E-state index in [2.05, 4.69) is 6.92 Å². The number of nitrogens with zero attached hydrogens (tertiary/aromatic N) is 1. The van der Waals surface area contributed by atoms with E-state index in [1.807, 2.05) is 0 Å². The first-order chi connectivity index (χ1) is 3.72. The highest BCUT2D eigenvalue weighted by Crippen LogP contribution is 2.19. The van der Waals surface area contributed by atoms with Crippen LogP contribution in [0.25, 0.3) is 0 Å². The molecule has 0 amide bonds. The van der Waals surface area contributed by atoms with Crippen LogP contribution in [0.2, 0.25) is 0 Å². The molecule has 8 heavy (non-hydrogen) atoms. The molecule has 2 N–H and O–H groups in total. The molecule has 1 aliphatic heterocycles. The van der Waals surface area contributed by atoms with Crippen molar-refractivity contribution in [3.8, 4) is 0 Å². The van der Waals surface area contributed by atoms with Gasteiger partial charge in [-0.15, -0.1) is 0 Å². The van der Waals surface area contributed by atoms with Crippen LogP contribution >= 0.6 is 24.0 Å². The number of rotatable bonds is 0. The molecule has 1 rings (SSSR count). The summed E-state index contributed by atoms with van der Waals surface area (Å²) in [6.07, 6.45) is 0. The van der Waals surface area contributed by atoms with Gasteiger partial charge < -0.3 is 0 Å². The lowest BCUT2D eigenvalue weighted by atomic mass is 10.4. The van der Waals surface area contributed by atoms with E-state index in [9.17, 15) is 0 Å². The first-order valence-electron chi connectivity index (χ1n) is 2.42. The second-order valence-corrected chi connectivity index (χ2v) is 3.49. The summed E-state index contributed by atoms with van der Waals surface area (Å²) in [5.41, 5.74) is 0. The van der Waals surface area contributed by atoms with Crippen LogP contribution < -0.4 is 5.84 Å². The molecule has 1 fully saturated rings. The molecule has 1 heterocycles. The predicted octanol–water partition coefficient (Wildman–Crippen LogP) is 0.582. The molecule has 1 saturated heterocycles. The Labute approximate surface area is 58.4 Å². The Kier molecular flexibility index (Phi) is 1.74. The summed E-state index contributed by atoms with van der Waals surface area (Å²) < 4.78 is 0.817. The quantitative estimate of drug-likeness (QED) is 0.402. The van der Waals surface area contributed by atoms with Gasteiger partial charge in [0.25, 0.3) is 0 Å². The van der Waals surface area contributed by atoms with Crippen LogP contribution in [0.5, 0.6) is 0 Å². The van der Waals surface area contributed by atoms with Gasteiger partial charge in [-0.1, -0.05) is 24.0 Å². The van der Waals surface area contributed by atoms with Crippen molar-refractivity contribution in [2.75, 3.05) is 5.75 Å². The summed E-state index contributed by atoms with van der Waals surface area (Å²) in [7, 11) is 0. The summed E-state index contributed by atoms with van der Waals surface area (Å²) in [5.74, 6) is 6.53. The Balaban J connectivity index is 2.56. The van der Waals surface area contributed by atoms with Gasteiger partial charge in [0.1, 0.15) is 0 Å². The van der Waals surface area contributed by atoms with Crippen molar-refractivity contribution >= 4 is 28.3 Å². The molecular weight excluding hydrogens is 140 g/mol. The van der Waals surface area contributed by atoms with Crippen molar-refractivity contribution in [1.82, 2.24) is 5.01 Å². The molecule has 0 saturated carbocycles. The summed E-state index contributed by atoms with van der Waals surface area (Å²) in [6, 6.07) is 0.424. The number of thioether (sulfide) groups is 1. The number of hydrogen-bond acceptors (Lipinski definition) is 3. The van der Waals surface area contributed by atoms with Crippen LogP contribution in [0.1, 0.15) is 6.92 Å². The Morgan fingerprint density at radius 3 is 2.75 bits per heavy atom. The molecule has 0 aromatic carbocycles. The molecule has 0 aromatic heterocycles. The molecular formula is C4H8N2S2. The maximum Gasteiger partial charge on any atom is 0.150 e. The van der Waals surface area contributed by atoms with Crippen LogP contribution in [0, 0.1) is 0 Å². The monoisotopic (exact) mass is 148 g/mol. The summed E-state index contributed by atoms with van der Waals surface area (Å²) in [5, 5.41) is 1.64. The first-order valence-corrected chi connectivity index (χ1v) is 3.82. The summed E-state index contributed by atoms with van der Waals surface area (Å²) in [4.78, 5) is 0. The van der Waals surface area contributed by atoms with Crippen molar-refractivity contribution < 1.29 is 0 Å². The zero-order valence-electron chi connectivity index (χ0n) is 4.63. The predicted molar refractivity (Wildman–Crippen MR) is 40.5 cm³/mol. The highest BCUT2D eigenvalue weighted by atomic mass is 32.2. The number of hydrogen-bond donors (Lipinski definition) is 1. The van der Waals surface area contributed by atoms with E-state index in [0.717, 1.165) is 10.1 Å². The third-order valence-corrected chi connectivity index (χ3v) is 2.80. The van der Waals surface area contributed by atoms with E-state index >= 15 is 0 Å². The van der Waals surface area contributed by atoms with Crippen molar-refractivity contribution in [2.24, 2.45) is 5.84 Å². The molecule has 1 atom stereocenters. The largest absolute Gasteiger partial charge is 0.292 e. The second kappa shape index (κ2) is 2.21. The minimum Gasteiger partial charge on any atom is -0.292 e. The van der Waals surface area contributed by atoms with Gasteiger partial charge in [-0.3, -0.25) is 5.01 Å². The number of thiocarbonyl (C=S) groups is 1. The molecule has 0 spiro atoms. The third-order valence-electron chi connectivity index (χ3n) is 1.13. The number of hydrazine groups is 1. The first kappa shape index (κ1) is 6.32. The van der Waals surface area contributed by atoms with Gasteiger partial charge in [-0.05, 0) is 6.92 Å². The molecule has 46 valence electrons. The Hall–Kier alpha value is 0.200. The minimum atomic E-state index is 0.424. The van der Waals surface area contributed by atoms with Crippen LogP contribution in [-0.2, 0) is 0 Å². The van der Waals surface area contributed by atoms with Crippen molar-refractivity contribution in [3.63, 3.8) is 0 Å². The zero-order chi connectivity index (χ0) is 6.15. The molecule has 0 aromatic rings. The average Bonchev–Trinajstić information content (AvgIpc) is 1.98. The highest BCUT2D eigenvalue weighted by Gasteiger charge is 2.21. The highest BCUT2D eigenvalue weighted by molar-refractivity contribution is 8.23. The SMILES string of the molecule is CC1CSC(=S)N1N. The fourth-order valence-electron chi connectivity index (χ4n) is 0.527. The Morgan fingerprint density at radius 1 is 2.00 bits per heavy atom. The standard InChI is InChI=1S/C4H8N2S2/c1-3-2-8-4(7)6(3)5/h3H,2,5H2,1H3. The molecule has 4 heteroatoms. The molecule has 0 bridgehead atoms. The van der Waals surface area contributed by atoms with Gasteiger partial charge in [0.05, 0.1) is 6.04 Å². The van der Waals surface area contributed by atoms with Gasteiger partial charge in [0.15, 0.2) is 4.32 Å². The van der Waals surface area contributed by atoms with Crippen molar-refractivity contribution in [1.29, 1.82) is 0 Å². The van der Waals surface area contributed by atoms with Gasteiger partial charge in [0.2, 0.25) is 0 Å². The maximum absolute atomic E-state index is 5.49. The summed E-state index contributed by atoms with van der Waals surface area (Å²) >= 11 is 6.53. The lowest BCUT2D eigenvalue weighted by molar-refractivity contribution is 0.392. The van der Waals surface area contributed by atoms with Crippen LogP contribution in [0.15, 0.2) is 0 Å². The van der Waals surface area contributed by atoms with Crippen LogP contribution in [-0.4, -0.2) is 21.1 Å². The normalized spacial score (nSPS) is 29.5. The topological polar surface area (TPSA) is 29.3 Å². The van der Waals surface area contributed by atoms with E-state index < -0.39 is 0 Å². The van der Waals surface area contributed by atoms with Gasteiger partial charge in [-0.25, -0.2) is 5.84 Å². The van der Waals surface area contributed by atoms with E-state index in [1.54, 1.807) is 16.8 Å². The van der Waals surface area contributed by atoms with E-state index in [-0.39, 0.29) is 0 Å². The van der Waals surface area contributed by atoms with Gasteiger partial charge in [0, 0.05) is 5.75 Å². The lowest BCUT2D eigenvalue weighted by Gasteiger charge is -2.13. The smallest absolute Gasteiger partial charge is 0.150 e. The van der Waals surface area contributed by atoms with E-state index in [1.165, 1.54) is 0 Å². The fourth-order valence-corrected chi connectivity index (χ4v) is 1.78. The van der Waals surface area contributed by atoms with E-state index in [4.69, 9.17) is 18.1 Å². The zero-order valence-corrected chi connectivity index (χ0v) is 6.26. The second-order valence-electron chi connectivity index (χ2n) is 1.83. The van der Waals surface area contributed by atoms with E-state index in [0.29, 0.717) is 6.04 Å². The molecule has 0 radical (unpaired) electrons. The van der Waals surface area contributed by atoms with Gasteiger partial charge in [-0.2, -0.15) is 0 Å². The minimum absolute atomic E-state index is 0.424.